The lowest BCUT2D eigenvalue weighted by molar-refractivity contribution is 0.0598. The minimum atomic E-state index is -0.599. The van der Waals surface area contributed by atoms with Gasteiger partial charge < -0.3 is 9.47 Å². The molecule has 122 valence electrons. The molecule has 2 aromatic rings. The number of aryl methyl sites for hydroxylation is 1. The highest BCUT2D eigenvalue weighted by molar-refractivity contribution is 5.95. The lowest BCUT2D eigenvalue weighted by Gasteiger charge is -2.27. The number of pyridine rings is 1. The van der Waals surface area contributed by atoms with Crippen molar-refractivity contribution in [3.63, 3.8) is 0 Å². The monoisotopic (exact) mass is 314 g/mol. The van der Waals surface area contributed by atoms with Crippen molar-refractivity contribution < 1.29 is 14.3 Å². The van der Waals surface area contributed by atoms with E-state index in [-0.39, 0.29) is 0 Å². The van der Waals surface area contributed by atoms with Crippen molar-refractivity contribution in [1.82, 2.24) is 4.98 Å². The number of anilines is 2. The maximum atomic E-state index is 12.7. The number of hydrogen-bond donors (Lipinski definition) is 0. The second kappa shape index (κ2) is 6.69. The Morgan fingerprint density at radius 2 is 1.91 bits per heavy atom. The lowest BCUT2D eigenvalue weighted by atomic mass is 10.2. The van der Waals surface area contributed by atoms with Crippen molar-refractivity contribution >= 4 is 17.6 Å². The maximum Gasteiger partial charge on any atom is 0.420 e. The van der Waals surface area contributed by atoms with Gasteiger partial charge in [-0.25, -0.2) is 14.7 Å². The zero-order valence-corrected chi connectivity index (χ0v) is 14.2. The number of nitrogens with zero attached hydrogens (tertiary/aromatic N) is 2. The molecule has 0 spiro atoms. The van der Waals surface area contributed by atoms with Gasteiger partial charge >= 0.3 is 6.09 Å². The molecule has 0 saturated heterocycles. The van der Waals surface area contributed by atoms with E-state index in [0.29, 0.717) is 17.3 Å². The van der Waals surface area contributed by atoms with Crippen molar-refractivity contribution in [2.24, 2.45) is 0 Å². The van der Waals surface area contributed by atoms with Crippen LogP contribution in [0.2, 0.25) is 0 Å². The quantitative estimate of drug-likeness (QED) is 0.838. The smallest absolute Gasteiger partial charge is 0.420 e. The van der Waals surface area contributed by atoms with Crippen LogP contribution in [0.1, 0.15) is 26.3 Å². The van der Waals surface area contributed by atoms with E-state index in [9.17, 15) is 4.79 Å². The fraction of sp³-hybridized carbons (Fsp3) is 0.333. The van der Waals surface area contributed by atoms with Gasteiger partial charge in [-0.2, -0.15) is 0 Å². The van der Waals surface area contributed by atoms with Crippen LogP contribution in [0.15, 0.2) is 42.6 Å². The van der Waals surface area contributed by atoms with E-state index in [4.69, 9.17) is 9.47 Å². The Morgan fingerprint density at radius 1 is 1.17 bits per heavy atom. The van der Waals surface area contributed by atoms with E-state index >= 15 is 0 Å². The summed E-state index contributed by atoms with van der Waals surface area (Å²) in [7, 11) is 1.59. The minimum absolute atomic E-state index is 0.483. The number of aromatic nitrogens is 1. The number of benzene rings is 1. The van der Waals surface area contributed by atoms with Crippen molar-refractivity contribution in [3.8, 4) is 5.75 Å². The van der Waals surface area contributed by atoms with Gasteiger partial charge in [-0.05, 0) is 57.5 Å². The summed E-state index contributed by atoms with van der Waals surface area (Å²) in [5.41, 5.74) is 1.04. The van der Waals surface area contributed by atoms with Gasteiger partial charge in [-0.3, -0.25) is 0 Å². The molecule has 0 saturated carbocycles. The Balaban J connectivity index is 2.48. The van der Waals surface area contributed by atoms with Crippen LogP contribution < -0.4 is 9.64 Å². The van der Waals surface area contributed by atoms with E-state index in [0.717, 1.165) is 5.56 Å². The summed E-state index contributed by atoms with van der Waals surface area (Å²) < 4.78 is 10.8. The molecule has 5 heteroatoms. The van der Waals surface area contributed by atoms with Crippen LogP contribution in [-0.4, -0.2) is 23.8 Å². The van der Waals surface area contributed by atoms with Crippen LogP contribution in [0.3, 0.4) is 0 Å². The number of carbonyl (C=O) groups excluding carboxylic acids is 1. The average molecular weight is 314 g/mol. The molecule has 1 heterocycles. The molecule has 0 N–H and O–H groups in total. The number of carbonyl (C=O) groups is 1. The normalized spacial score (nSPS) is 11.0. The van der Waals surface area contributed by atoms with E-state index < -0.39 is 11.7 Å². The molecule has 0 atom stereocenters. The van der Waals surface area contributed by atoms with E-state index in [1.165, 1.54) is 4.90 Å². The number of hydrogen-bond acceptors (Lipinski definition) is 4. The molecule has 0 aliphatic heterocycles. The average Bonchev–Trinajstić information content (AvgIpc) is 2.46. The molecule has 0 aliphatic rings. The minimum Gasteiger partial charge on any atom is -0.497 e. The summed E-state index contributed by atoms with van der Waals surface area (Å²) in [5, 5.41) is 0. The molecule has 5 nitrogen and oxygen atoms in total. The first-order valence-electron chi connectivity index (χ1n) is 7.40. The standard InChI is InChI=1S/C18H22N2O3/c1-13-9-10-19-16(11-13)20(17(21)23-18(2,3)4)14-7-6-8-15(12-14)22-5/h6-12H,1-5H3. The van der Waals surface area contributed by atoms with E-state index in [1.54, 1.807) is 19.4 Å². The summed E-state index contributed by atoms with van der Waals surface area (Å²) >= 11 is 0. The highest BCUT2D eigenvalue weighted by Gasteiger charge is 2.26. The summed E-state index contributed by atoms with van der Waals surface area (Å²) in [4.78, 5) is 18.4. The van der Waals surface area contributed by atoms with Gasteiger partial charge in [0.05, 0.1) is 12.8 Å². The van der Waals surface area contributed by atoms with Crippen molar-refractivity contribution in [2.45, 2.75) is 33.3 Å². The van der Waals surface area contributed by atoms with E-state index in [2.05, 4.69) is 4.98 Å². The Labute approximate surface area is 136 Å². The van der Waals surface area contributed by atoms with Crippen LogP contribution >= 0.6 is 0 Å². The van der Waals surface area contributed by atoms with Crippen LogP contribution in [0.5, 0.6) is 5.75 Å². The molecule has 0 radical (unpaired) electrons. The van der Waals surface area contributed by atoms with Crippen LogP contribution in [0, 0.1) is 6.92 Å². The second-order valence-corrected chi connectivity index (χ2v) is 6.21. The van der Waals surface area contributed by atoms with Crippen LogP contribution in [0.4, 0.5) is 16.3 Å². The Bertz CT molecular complexity index is 693. The zero-order valence-electron chi connectivity index (χ0n) is 14.2. The lowest BCUT2D eigenvalue weighted by Crippen LogP contribution is -2.34. The number of methoxy groups -OCH3 is 1. The molecule has 0 fully saturated rings. The third-order valence-corrected chi connectivity index (χ3v) is 3.02. The fourth-order valence-electron chi connectivity index (χ4n) is 2.03. The Hall–Kier alpha value is -2.56. The SMILES string of the molecule is COc1cccc(N(C(=O)OC(C)(C)C)c2cc(C)ccn2)c1. The zero-order chi connectivity index (χ0) is 17.0. The number of amides is 1. The molecule has 1 amide bonds. The predicted molar refractivity (Wildman–Crippen MR) is 90.3 cm³/mol. The molecule has 0 unspecified atom stereocenters. The highest BCUT2D eigenvalue weighted by atomic mass is 16.6. The third kappa shape index (κ3) is 4.45. The van der Waals surface area contributed by atoms with Gasteiger partial charge in [-0.15, -0.1) is 0 Å². The maximum absolute atomic E-state index is 12.7. The van der Waals surface area contributed by atoms with Crippen molar-refractivity contribution in [2.75, 3.05) is 12.0 Å². The molecule has 23 heavy (non-hydrogen) atoms. The first kappa shape index (κ1) is 16.8. The summed E-state index contributed by atoms with van der Waals surface area (Å²) in [6, 6.07) is 10.9. The van der Waals surface area contributed by atoms with Gasteiger partial charge in [0.2, 0.25) is 0 Å². The second-order valence-electron chi connectivity index (χ2n) is 6.21. The van der Waals surface area contributed by atoms with Crippen molar-refractivity contribution in [3.05, 3.63) is 48.2 Å². The van der Waals surface area contributed by atoms with Gasteiger partial charge in [0.15, 0.2) is 0 Å². The van der Waals surface area contributed by atoms with Crippen LogP contribution in [-0.2, 0) is 4.74 Å². The van der Waals surface area contributed by atoms with Crippen molar-refractivity contribution in [1.29, 1.82) is 0 Å². The third-order valence-electron chi connectivity index (χ3n) is 3.02. The molecular weight excluding hydrogens is 292 g/mol. The molecule has 1 aromatic carbocycles. The summed E-state index contributed by atoms with van der Waals surface area (Å²) in [6.45, 7) is 7.44. The van der Waals surface area contributed by atoms with Gasteiger partial charge in [0.1, 0.15) is 17.2 Å². The Morgan fingerprint density at radius 3 is 2.52 bits per heavy atom. The largest absolute Gasteiger partial charge is 0.497 e. The topological polar surface area (TPSA) is 51.7 Å². The number of rotatable bonds is 3. The number of ether oxygens (including phenoxy) is 2. The molecule has 0 aliphatic carbocycles. The first-order valence-corrected chi connectivity index (χ1v) is 7.40. The first-order chi connectivity index (χ1) is 10.8. The summed E-state index contributed by atoms with van der Waals surface area (Å²) in [5.74, 6) is 1.16. The highest BCUT2D eigenvalue weighted by Crippen LogP contribution is 2.29. The molecule has 0 bridgehead atoms. The van der Waals surface area contributed by atoms with E-state index in [1.807, 2.05) is 58.0 Å². The van der Waals surface area contributed by atoms with Gasteiger partial charge in [0, 0.05) is 12.3 Å². The van der Waals surface area contributed by atoms with Crippen LogP contribution in [0.25, 0.3) is 0 Å². The van der Waals surface area contributed by atoms with Gasteiger partial charge in [-0.1, -0.05) is 6.07 Å². The van der Waals surface area contributed by atoms with Gasteiger partial charge in [0.25, 0.3) is 0 Å². The summed E-state index contributed by atoms with van der Waals surface area (Å²) in [6.07, 6.45) is 1.19. The predicted octanol–water partition coefficient (Wildman–Crippen LogP) is 4.47. The Kier molecular flexibility index (Phi) is 4.89. The molecule has 2 rings (SSSR count). The molecule has 1 aromatic heterocycles. The molecular formula is C18H22N2O3. The fourth-order valence-corrected chi connectivity index (χ4v) is 2.03.